The second kappa shape index (κ2) is 5.51. The summed E-state index contributed by atoms with van der Waals surface area (Å²) in [6.45, 7) is 2.04. The van der Waals surface area contributed by atoms with E-state index in [1.54, 1.807) is 17.4 Å². The summed E-state index contributed by atoms with van der Waals surface area (Å²) in [7, 11) is 0. The Kier molecular flexibility index (Phi) is 4.20. The summed E-state index contributed by atoms with van der Waals surface area (Å²) in [6, 6.07) is 8.66. The minimum absolute atomic E-state index is 0.233. The molecule has 1 atom stereocenters. The quantitative estimate of drug-likeness (QED) is 0.881. The van der Waals surface area contributed by atoms with Crippen LogP contribution >= 0.6 is 27.3 Å². The third kappa shape index (κ3) is 2.99. The Labute approximate surface area is 119 Å². The lowest BCUT2D eigenvalue weighted by Gasteiger charge is -2.28. The molecular formula is C14H15BrFNS. The molecule has 0 spiro atoms. The van der Waals surface area contributed by atoms with Crippen LogP contribution in [-0.4, -0.2) is 0 Å². The smallest absolute Gasteiger partial charge is 0.123 e. The van der Waals surface area contributed by atoms with Crippen molar-refractivity contribution in [1.82, 2.24) is 0 Å². The van der Waals surface area contributed by atoms with E-state index in [0.717, 1.165) is 22.9 Å². The predicted molar refractivity (Wildman–Crippen MR) is 78.3 cm³/mol. The van der Waals surface area contributed by atoms with Gasteiger partial charge in [-0.25, -0.2) is 4.39 Å². The van der Waals surface area contributed by atoms with Gasteiger partial charge in [0.1, 0.15) is 5.82 Å². The van der Waals surface area contributed by atoms with Gasteiger partial charge < -0.3 is 5.73 Å². The fraction of sp³-hybridized carbons (Fsp3) is 0.286. The van der Waals surface area contributed by atoms with E-state index < -0.39 is 5.54 Å². The lowest BCUT2D eigenvalue weighted by Crippen LogP contribution is -2.38. The molecule has 96 valence electrons. The fourth-order valence-corrected chi connectivity index (χ4v) is 3.56. The van der Waals surface area contributed by atoms with Crippen LogP contribution in [-0.2, 0) is 12.0 Å². The second-order valence-corrected chi connectivity index (χ2v) is 6.34. The van der Waals surface area contributed by atoms with E-state index in [4.69, 9.17) is 5.73 Å². The molecule has 18 heavy (non-hydrogen) atoms. The molecule has 0 bridgehead atoms. The molecule has 0 saturated heterocycles. The summed E-state index contributed by atoms with van der Waals surface area (Å²) < 4.78 is 14.4. The molecule has 1 unspecified atom stereocenters. The summed E-state index contributed by atoms with van der Waals surface area (Å²) >= 11 is 5.11. The number of rotatable bonds is 4. The van der Waals surface area contributed by atoms with Crippen molar-refractivity contribution in [3.8, 4) is 0 Å². The van der Waals surface area contributed by atoms with Gasteiger partial charge in [-0.3, -0.25) is 0 Å². The monoisotopic (exact) mass is 327 g/mol. The van der Waals surface area contributed by atoms with Crippen molar-refractivity contribution >= 4 is 27.3 Å². The molecule has 0 radical (unpaired) electrons. The zero-order chi connectivity index (χ0) is 13.2. The first-order chi connectivity index (χ1) is 8.53. The lowest BCUT2D eigenvalue weighted by molar-refractivity contribution is 0.425. The van der Waals surface area contributed by atoms with Crippen LogP contribution in [0.25, 0.3) is 0 Å². The second-order valence-electron chi connectivity index (χ2n) is 4.43. The van der Waals surface area contributed by atoms with Crippen LogP contribution in [0.5, 0.6) is 0 Å². The maximum absolute atomic E-state index is 13.3. The highest BCUT2D eigenvalue weighted by Gasteiger charge is 2.26. The number of benzene rings is 1. The summed E-state index contributed by atoms with van der Waals surface area (Å²) in [5.74, 6) is -0.233. The Morgan fingerprint density at radius 1 is 1.39 bits per heavy atom. The molecule has 0 aliphatic rings. The Morgan fingerprint density at radius 3 is 2.72 bits per heavy atom. The Morgan fingerprint density at radius 2 is 2.17 bits per heavy atom. The average Bonchev–Trinajstić information content (AvgIpc) is 2.74. The van der Waals surface area contributed by atoms with Crippen LogP contribution in [0, 0.1) is 5.82 Å². The standard InChI is InChI=1S/C14H15BrFNS/c1-2-14(17,8-13-7-11(15)9-18-13)10-4-3-5-12(16)6-10/h3-7,9H,2,8,17H2,1H3. The third-order valence-corrected chi connectivity index (χ3v) is 4.84. The van der Waals surface area contributed by atoms with E-state index in [1.807, 2.05) is 18.4 Å². The number of halogens is 2. The van der Waals surface area contributed by atoms with Gasteiger partial charge in [0, 0.05) is 26.7 Å². The number of hydrogen-bond acceptors (Lipinski definition) is 2. The number of thiophene rings is 1. The van der Waals surface area contributed by atoms with Gasteiger partial charge in [-0.15, -0.1) is 11.3 Å². The van der Waals surface area contributed by atoms with Gasteiger partial charge >= 0.3 is 0 Å². The zero-order valence-corrected chi connectivity index (χ0v) is 12.5. The highest BCUT2D eigenvalue weighted by atomic mass is 79.9. The van der Waals surface area contributed by atoms with Crippen molar-refractivity contribution in [3.63, 3.8) is 0 Å². The van der Waals surface area contributed by atoms with Crippen LogP contribution in [0.15, 0.2) is 40.2 Å². The van der Waals surface area contributed by atoms with Gasteiger partial charge in [0.2, 0.25) is 0 Å². The van der Waals surface area contributed by atoms with Crippen LogP contribution in [0.3, 0.4) is 0 Å². The SMILES string of the molecule is CCC(N)(Cc1cc(Br)cs1)c1cccc(F)c1. The van der Waals surface area contributed by atoms with Crippen LogP contribution < -0.4 is 5.73 Å². The lowest BCUT2D eigenvalue weighted by atomic mass is 9.84. The molecule has 1 aromatic carbocycles. The van der Waals surface area contributed by atoms with Gasteiger partial charge in [0.05, 0.1) is 0 Å². The van der Waals surface area contributed by atoms with E-state index >= 15 is 0 Å². The zero-order valence-electron chi connectivity index (χ0n) is 10.1. The molecule has 2 rings (SSSR count). The van der Waals surface area contributed by atoms with E-state index in [-0.39, 0.29) is 5.82 Å². The Balaban J connectivity index is 2.30. The van der Waals surface area contributed by atoms with E-state index in [2.05, 4.69) is 22.0 Å². The molecule has 2 aromatic rings. The largest absolute Gasteiger partial charge is 0.321 e. The first-order valence-electron chi connectivity index (χ1n) is 5.81. The molecule has 4 heteroatoms. The molecule has 2 N–H and O–H groups in total. The van der Waals surface area contributed by atoms with Crippen molar-refractivity contribution < 1.29 is 4.39 Å². The van der Waals surface area contributed by atoms with Crippen molar-refractivity contribution in [2.75, 3.05) is 0 Å². The predicted octanol–water partition coefficient (Wildman–Crippen LogP) is 4.46. The molecule has 0 aliphatic heterocycles. The molecule has 0 amide bonds. The van der Waals surface area contributed by atoms with Crippen LogP contribution in [0.4, 0.5) is 4.39 Å². The minimum atomic E-state index is -0.508. The summed E-state index contributed by atoms with van der Waals surface area (Å²) in [5.41, 5.74) is 6.80. The van der Waals surface area contributed by atoms with Gasteiger partial charge in [-0.05, 0) is 46.1 Å². The first kappa shape index (κ1) is 13.7. The third-order valence-electron chi connectivity index (χ3n) is 3.14. The molecule has 1 nitrogen and oxygen atoms in total. The van der Waals surface area contributed by atoms with E-state index in [9.17, 15) is 4.39 Å². The molecule has 0 aliphatic carbocycles. The molecule has 1 aromatic heterocycles. The normalized spacial score (nSPS) is 14.4. The fourth-order valence-electron chi connectivity index (χ4n) is 1.99. The first-order valence-corrected chi connectivity index (χ1v) is 7.48. The highest BCUT2D eigenvalue weighted by molar-refractivity contribution is 9.10. The van der Waals surface area contributed by atoms with Crippen molar-refractivity contribution in [2.24, 2.45) is 5.73 Å². The summed E-state index contributed by atoms with van der Waals surface area (Å²) in [6.07, 6.45) is 1.50. The highest BCUT2D eigenvalue weighted by Crippen LogP contribution is 2.30. The molecular weight excluding hydrogens is 313 g/mol. The van der Waals surface area contributed by atoms with E-state index in [1.165, 1.54) is 17.0 Å². The molecule has 0 fully saturated rings. The van der Waals surface area contributed by atoms with Crippen LogP contribution in [0.2, 0.25) is 0 Å². The number of nitrogens with two attached hydrogens (primary N) is 1. The minimum Gasteiger partial charge on any atom is -0.321 e. The summed E-state index contributed by atoms with van der Waals surface area (Å²) in [5, 5.41) is 2.04. The summed E-state index contributed by atoms with van der Waals surface area (Å²) in [4.78, 5) is 1.20. The van der Waals surface area contributed by atoms with Crippen molar-refractivity contribution in [1.29, 1.82) is 0 Å². The van der Waals surface area contributed by atoms with Gasteiger partial charge in [-0.1, -0.05) is 19.1 Å². The molecule has 1 heterocycles. The van der Waals surface area contributed by atoms with Gasteiger partial charge in [0.15, 0.2) is 0 Å². The Bertz CT molecular complexity index is 540. The van der Waals surface area contributed by atoms with Crippen LogP contribution in [0.1, 0.15) is 23.8 Å². The van der Waals surface area contributed by atoms with E-state index in [0.29, 0.717) is 0 Å². The maximum atomic E-state index is 13.3. The van der Waals surface area contributed by atoms with Gasteiger partial charge in [0.25, 0.3) is 0 Å². The topological polar surface area (TPSA) is 26.0 Å². The maximum Gasteiger partial charge on any atom is 0.123 e. The number of hydrogen-bond donors (Lipinski definition) is 1. The molecule has 0 saturated carbocycles. The van der Waals surface area contributed by atoms with Gasteiger partial charge in [-0.2, -0.15) is 0 Å². The Hall–Kier alpha value is -0.710. The average molecular weight is 328 g/mol. The van der Waals surface area contributed by atoms with Crippen molar-refractivity contribution in [3.05, 3.63) is 56.4 Å². The van der Waals surface area contributed by atoms with Crippen molar-refractivity contribution in [2.45, 2.75) is 25.3 Å².